The molecule has 0 aromatic heterocycles. The van der Waals surface area contributed by atoms with E-state index in [1.165, 1.54) is 34.1 Å². The Bertz CT molecular complexity index is 900. The minimum absolute atomic E-state index is 0.110. The van der Waals surface area contributed by atoms with Crippen molar-refractivity contribution in [1.82, 2.24) is 15.1 Å². The van der Waals surface area contributed by atoms with Gasteiger partial charge in [-0.3, -0.25) is 14.5 Å². The lowest BCUT2D eigenvalue weighted by atomic mass is 9.99. The topological polar surface area (TPSA) is 69.7 Å². The predicted molar refractivity (Wildman–Crippen MR) is 95.2 cm³/mol. The molecule has 2 aromatic carbocycles. The summed E-state index contributed by atoms with van der Waals surface area (Å²) in [5, 5.41) is 2.78. The van der Waals surface area contributed by atoms with Gasteiger partial charge in [0.1, 0.15) is 11.4 Å². The number of benzene rings is 2. The average Bonchev–Trinajstić information content (AvgIpc) is 3.20. The number of halogens is 1. The third-order valence-corrected chi connectivity index (χ3v) is 5.08. The summed E-state index contributed by atoms with van der Waals surface area (Å²) in [4.78, 5) is 40.7. The van der Waals surface area contributed by atoms with E-state index in [0.29, 0.717) is 18.5 Å². The van der Waals surface area contributed by atoms with Gasteiger partial charge in [0.15, 0.2) is 0 Å². The Balaban J connectivity index is 1.50. The zero-order valence-corrected chi connectivity index (χ0v) is 14.5. The Morgan fingerprint density at radius 2 is 1.78 bits per heavy atom. The van der Waals surface area contributed by atoms with Crippen molar-refractivity contribution >= 4 is 17.8 Å². The second kappa shape index (κ2) is 6.50. The van der Waals surface area contributed by atoms with Crippen molar-refractivity contribution in [1.29, 1.82) is 0 Å². The first-order valence-electron chi connectivity index (χ1n) is 8.71. The fourth-order valence-electron chi connectivity index (χ4n) is 3.62. The average molecular weight is 367 g/mol. The number of urea groups is 1. The van der Waals surface area contributed by atoms with Gasteiger partial charge in [0.25, 0.3) is 11.8 Å². The van der Waals surface area contributed by atoms with E-state index < -0.39 is 17.4 Å². The van der Waals surface area contributed by atoms with E-state index in [1.807, 2.05) is 30.3 Å². The van der Waals surface area contributed by atoms with Crippen LogP contribution in [0.15, 0.2) is 54.6 Å². The Hall–Kier alpha value is -3.22. The molecule has 6 nitrogen and oxygen atoms in total. The Labute approximate surface area is 155 Å². The number of likely N-dealkylation sites (tertiary alicyclic amines) is 1. The van der Waals surface area contributed by atoms with Gasteiger partial charge in [-0.25, -0.2) is 9.18 Å². The summed E-state index contributed by atoms with van der Waals surface area (Å²) < 4.78 is 13.1. The van der Waals surface area contributed by atoms with Crippen LogP contribution in [-0.4, -0.2) is 46.3 Å². The third-order valence-electron chi connectivity index (χ3n) is 5.08. The van der Waals surface area contributed by atoms with Crippen LogP contribution in [0, 0.1) is 5.82 Å². The van der Waals surface area contributed by atoms with Crippen molar-refractivity contribution < 1.29 is 18.8 Å². The number of carbonyl (C=O) groups is 3. The Morgan fingerprint density at radius 3 is 2.48 bits per heavy atom. The molecule has 2 aliphatic rings. The lowest BCUT2D eigenvalue weighted by molar-refractivity contribution is -0.131. The molecule has 1 atom stereocenters. The molecule has 4 rings (SSSR count). The van der Waals surface area contributed by atoms with E-state index in [2.05, 4.69) is 5.32 Å². The normalized spacial score (nSPS) is 21.8. The van der Waals surface area contributed by atoms with E-state index in [4.69, 9.17) is 0 Å². The van der Waals surface area contributed by atoms with Gasteiger partial charge in [-0.2, -0.15) is 0 Å². The van der Waals surface area contributed by atoms with Gasteiger partial charge in [-0.15, -0.1) is 0 Å². The fraction of sp³-hybridized carbons (Fsp3) is 0.250. The van der Waals surface area contributed by atoms with Crippen molar-refractivity contribution in [2.24, 2.45) is 0 Å². The Kier molecular flexibility index (Phi) is 4.14. The number of hydrogen-bond donors (Lipinski definition) is 1. The zero-order valence-electron chi connectivity index (χ0n) is 14.5. The molecule has 2 aliphatic heterocycles. The van der Waals surface area contributed by atoms with Gasteiger partial charge in [0, 0.05) is 12.1 Å². The summed E-state index contributed by atoms with van der Waals surface area (Å²) in [5.74, 6) is -1.01. The lowest BCUT2D eigenvalue weighted by Gasteiger charge is -2.22. The molecular weight excluding hydrogens is 349 g/mol. The van der Waals surface area contributed by atoms with Gasteiger partial charge in [0.2, 0.25) is 0 Å². The second-order valence-corrected chi connectivity index (χ2v) is 6.87. The quantitative estimate of drug-likeness (QED) is 0.846. The number of nitrogens with one attached hydrogen (secondary N) is 1. The van der Waals surface area contributed by atoms with Crippen molar-refractivity contribution in [3.63, 3.8) is 0 Å². The van der Waals surface area contributed by atoms with Crippen LogP contribution >= 0.6 is 0 Å². The summed E-state index contributed by atoms with van der Waals surface area (Å²) in [5.41, 5.74) is 0.128. The van der Waals surface area contributed by atoms with Crippen molar-refractivity contribution in [2.45, 2.75) is 18.5 Å². The van der Waals surface area contributed by atoms with E-state index in [1.54, 1.807) is 0 Å². The first-order valence-corrected chi connectivity index (χ1v) is 8.71. The number of nitrogens with zero attached hydrogens (tertiary/aromatic N) is 2. The van der Waals surface area contributed by atoms with Crippen LogP contribution in [0.25, 0.3) is 0 Å². The minimum atomic E-state index is -1.08. The van der Waals surface area contributed by atoms with Crippen LogP contribution < -0.4 is 5.32 Å². The van der Waals surface area contributed by atoms with Crippen LogP contribution in [0.2, 0.25) is 0 Å². The van der Waals surface area contributed by atoms with Crippen LogP contribution in [0.3, 0.4) is 0 Å². The number of rotatable bonds is 3. The molecule has 2 heterocycles. The highest BCUT2D eigenvalue weighted by Crippen LogP contribution is 2.30. The van der Waals surface area contributed by atoms with Crippen LogP contribution in [0.1, 0.15) is 22.3 Å². The summed E-state index contributed by atoms with van der Waals surface area (Å²) in [7, 11) is 0. The summed E-state index contributed by atoms with van der Waals surface area (Å²) in [6.07, 6.45) is 0.357. The van der Waals surface area contributed by atoms with Gasteiger partial charge in [0.05, 0.1) is 13.1 Å². The van der Waals surface area contributed by atoms with E-state index in [-0.39, 0.29) is 24.9 Å². The van der Waals surface area contributed by atoms with Crippen molar-refractivity contribution in [3.8, 4) is 0 Å². The lowest BCUT2D eigenvalue weighted by Crippen LogP contribution is -2.49. The predicted octanol–water partition coefficient (Wildman–Crippen LogP) is 2.16. The van der Waals surface area contributed by atoms with E-state index >= 15 is 0 Å². The molecule has 27 heavy (non-hydrogen) atoms. The number of imide groups is 1. The minimum Gasteiger partial charge on any atom is -0.336 e. The van der Waals surface area contributed by atoms with Gasteiger partial charge >= 0.3 is 6.03 Å². The molecule has 138 valence electrons. The molecule has 1 spiro atoms. The maximum atomic E-state index is 13.1. The summed E-state index contributed by atoms with van der Waals surface area (Å²) in [6.45, 7) is 0.652. The maximum Gasteiger partial charge on any atom is 0.325 e. The van der Waals surface area contributed by atoms with Gasteiger partial charge in [-0.1, -0.05) is 30.3 Å². The molecule has 7 heteroatoms. The van der Waals surface area contributed by atoms with E-state index in [0.717, 1.165) is 5.56 Å². The molecule has 2 aromatic rings. The molecule has 0 aliphatic carbocycles. The maximum absolute atomic E-state index is 13.1. The monoisotopic (exact) mass is 367 g/mol. The number of carbonyl (C=O) groups excluding carboxylic acids is 3. The highest BCUT2D eigenvalue weighted by atomic mass is 19.1. The standard InChI is InChI=1S/C20H18FN3O3/c21-16-8-6-15(7-9-16)17(25)23-11-10-20(13-23)18(26)24(19(27)22-20)12-14-4-2-1-3-5-14/h1-9H,10-13H2,(H,22,27). The molecule has 4 amide bonds. The number of amides is 4. The molecule has 0 bridgehead atoms. The molecule has 2 saturated heterocycles. The molecule has 0 saturated carbocycles. The van der Waals surface area contributed by atoms with Crippen molar-refractivity contribution in [2.75, 3.05) is 13.1 Å². The number of hydrogen-bond acceptors (Lipinski definition) is 3. The van der Waals surface area contributed by atoms with Gasteiger partial charge in [-0.05, 0) is 36.2 Å². The third kappa shape index (κ3) is 3.05. The highest BCUT2D eigenvalue weighted by Gasteiger charge is 2.55. The van der Waals surface area contributed by atoms with E-state index in [9.17, 15) is 18.8 Å². The molecule has 1 unspecified atom stereocenters. The molecule has 1 N–H and O–H groups in total. The fourth-order valence-corrected chi connectivity index (χ4v) is 3.62. The SMILES string of the molecule is O=C(c1ccc(F)cc1)N1CCC2(C1)NC(=O)N(Cc1ccccc1)C2=O. The highest BCUT2D eigenvalue weighted by molar-refractivity contribution is 6.08. The van der Waals surface area contributed by atoms with Crippen molar-refractivity contribution in [3.05, 3.63) is 71.5 Å². The smallest absolute Gasteiger partial charge is 0.325 e. The van der Waals surface area contributed by atoms with Gasteiger partial charge < -0.3 is 10.2 Å². The zero-order chi connectivity index (χ0) is 19.0. The second-order valence-electron chi connectivity index (χ2n) is 6.87. The first-order chi connectivity index (χ1) is 13.0. The van der Waals surface area contributed by atoms with Crippen LogP contribution in [0.5, 0.6) is 0 Å². The first kappa shape index (κ1) is 17.2. The molecule has 2 fully saturated rings. The van der Waals surface area contributed by atoms with Crippen LogP contribution in [0.4, 0.5) is 9.18 Å². The molecular formula is C20H18FN3O3. The Morgan fingerprint density at radius 1 is 1.07 bits per heavy atom. The largest absolute Gasteiger partial charge is 0.336 e. The summed E-state index contributed by atoms with van der Waals surface area (Å²) >= 11 is 0. The molecule has 0 radical (unpaired) electrons. The van der Waals surface area contributed by atoms with Crippen LogP contribution in [-0.2, 0) is 11.3 Å². The summed E-state index contributed by atoms with van der Waals surface area (Å²) in [6, 6.07) is 14.1.